The minimum Gasteiger partial charge on any atom is -0.322 e. The van der Waals surface area contributed by atoms with E-state index in [0.29, 0.717) is 11.3 Å². The summed E-state index contributed by atoms with van der Waals surface area (Å²) in [6, 6.07) is 15.1. The summed E-state index contributed by atoms with van der Waals surface area (Å²) in [7, 11) is 0. The van der Waals surface area contributed by atoms with Gasteiger partial charge in [-0.2, -0.15) is 5.26 Å². The zero-order valence-electron chi connectivity index (χ0n) is 18.0. The van der Waals surface area contributed by atoms with Gasteiger partial charge in [0.05, 0.1) is 22.9 Å². The summed E-state index contributed by atoms with van der Waals surface area (Å²) < 4.78 is 0. The number of aryl methyl sites for hydroxylation is 1. The van der Waals surface area contributed by atoms with Gasteiger partial charge in [0.2, 0.25) is 0 Å². The van der Waals surface area contributed by atoms with Crippen molar-refractivity contribution in [2.75, 3.05) is 10.3 Å². The second kappa shape index (κ2) is 8.49. The van der Waals surface area contributed by atoms with Crippen LogP contribution in [0.2, 0.25) is 0 Å². The first-order valence-corrected chi connectivity index (χ1v) is 10.1. The summed E-state index contributed by atoms with van der Waals surface area (Å²) in [6.07, 6.45) is 6.84. The van der Waals surface area contributed by atoms with E-state index in [4.69, 9.17) is 0 Å². The predicted octanol–water partition coefficient (Wildman–Crippen LogP) is 3.67. The lowest BCUT2D eigenvalue weighted by atomic mass is 9.85. The zero-order chi connectivity index (χ0) is 22.7. The molecule has 3 aromatic rings. The van der Waals surface area contributed by atoms with E-state index in [1.165, 1.54) is 6.33 Å². The van der Waals surface area contributed by atoms with Crippen LogP contribution in [-0.2, 0) is 5.41 Å². The van der Waals surface area contributed by atoms with Gasteiger partial charge in [-0.05, 0) is 56.2 Å². The topological polar surface area (TPSA) is 106 Å². The van der Waals surface area contributed by atoms with Gasteiger partial charge in [0, 0.05) is 35.4 Å². The minimum absolute atomic E-state index is 0.236. The number of benzene rings is 2. The molecule has 32 heavy (non-hydrogen) atoms. The Kier molecular flexibility index (Phi) is 5.58. The highest BCUT2D eigenvalue weighted by molar-refractivity contribution is 6.04. The largest absolute Gasteiger partial charge is 0.322 e. The number of nitriles is 1. The van der Waals surface area contributed by atoms with Crippen molar-refractivity contribution < 1.29 is 4.79 Å². The Morgan fingerprint density at radius 1 is 1.16 bits per heavy atom. The van der Waals surface area contributed by atoms with Crippen LogP contribution in [0.25, 0.3) is 5.70 Å². The van der Waals surface area contributed by atoms with Crippen molar-refractivity contribution in [3.8, 4) is 6.07 Å². The van der Waals surface area contributed by atoms with Gasteiger partial charge in [0.25, 0.3) is 5.91 Å². The molecule has 0 aliphatic carbocycles. The third-order valence-electron chi connectivity index (χ3n) is 5.29. The fourth-order valence-electron chi connectivity index (χ4n) is 3.29. The lowest BCUT2D eigenvalue weighted by Gasteiger charge is -2.19. The molecule has 3 N–H and O–H groups in total. The van der Waals surface area contributed by atoms with Gasteiger partial charge < -0.3 is 10.7 Å². The second-order valence-corrected chi connectivity index (χ2v) is 8.05. The molecule has 1 aromatic heterocycles. The molecule has 160 valence electrons. The number of hydrazine groups is 2. The van der Waals surface area contributed by atoms with Crippen LogP contribution in [0, 0.1) is 18.3 Å². The maximum atomic E-state index is 12.9. The van der Waals surface area contributed by atoms with E-state index >= 15 is 0 Å². The molecular weight excluding hydrogens is 402 g/mol. The van der Waals surface area contributed by atoms with Crippen LogP contribution >= 0.6 is 0 Å². The van der Waals surface area contributed by atoms with Crippen LogP contribution in [-0.4, -0.2) is 15.9 Å². The molecule has 0 saturated heterocycles. The molecule has 0 atom stereocenters. The van der Waals surface area contributed by atoms with E-state index in [-0.39, 0.29) is 5.91 Å². The number of anilines is 2. The maximum Gasteiger partial charge on any atom is 0.255 e. The van der Waals surface area contributed by atoms with Crippen molar-refractivity contribution in [2.24, 2.45) is 0 Å². The Morgan fingerprint density at radius 2 is 1.94 bits per heavy atom. The standard InChI is InChI=1S/C24H23N7O/c1-16-7-8-20(28-23(32)17-5-4-6-19(9-17)24(2,3)14-25)10-22(16)31-13-21(29-30-31)18-11-26-15-27-12-18/h4-13,15,29-30H,1-3H3,(H,28,32). The highest BCUT2D eigenvalue weighted by Crippen LogP contribution is 2.27. The first kappa shape index (κ1) is 21.0. The summed E-state index contributed by atoms with van der Waals surface area (Å²) >= 11 is 0. The van der Waals surface area contributed by atoms with Crippen molar-refractivity contribution in [1.29, 1.82) is 5.26 Å². The highest BCUT2D eigenvalue weighted by atomic mass is 16.1. The summed E-state index contributed by atoms with van der Waals surface area (Å²) in [5.41, 5.74) is 11.1. The van der Waals surface area contributed by atoms with E-state index in [1.807, 2.05) is 56.2 Å². The number of rotatable bonds is 5. The van der Waals surface area contributed by atoms with Crippen molar-refractivity contribution >= 4 is 23.0 Å². The summed E-state index contributed by atoms with van der Waals surface area (Å²) in [5.74, 6) is -0.236. The van der Waals surface area contributed by atoms with Gasteiger partial charge in [0.1, 0.15) is 6.33 Å². The Balaban J connectivity index is 1.55. The Morgan fingerprint density at radius 3 is 2.69 bits per heavy atom. The number of nitrogens with one attached hydrogen (secondary N) is 3. The van der Waals surface area contributed by atoms with Crippen LogP contribution in [0.5, 0.6) is 0 Å². The Labute approximate surface area is 186 Å². The fraction of sp³-hybridized carbons (Fsp3) is 0.167. The van der Waals surface area contributed by atoms with Gasteiger partial charge in [-0.15, -0.1) is 5.53 Å². The number of hydrogen-bond acceptors (Lipinski definition) is 7. The predicted molar refractivity (Wildman–Crippen MR) is 123 cm³/mol. The van der Waals surface area contributed by atoms with Crippen LogP contribution in [0.3, 0.4) is 0 Å². The number of aromatic nitrogens is 2. The molecule has 1 amide bonds. The molecule has 2 heterocycles. The lowest BCUT2D eigenvalue weighted by molar-refractivity contribution is 0.102. The van der Waals surface area contributed by atoms with Gasteiger partial charge in [-0.3, -0.25) is 9.80 Å². The van der Waals surface area contributed by atoms with Gasteiger partial charge in [-0.25, -0.2) is 9.97 Å². The first-order valence-electron chi connectivity index (χ1n) is 10.1. The second-order valence-electron chi connectivity index (χ2n) is 8.05. The van der Waals surface area contributed by atoms with E-state index < -0.39 is 5.41 Å². The smallest absolute Gasteiger partial charge is 0.255 e. The lowest BCUT2D eigenvalue weighted by Crippen LogP contribution is -2.36. The minimum atomic E-state index is -0.671. The quantitative estimate of drug-likeness (QED) is 0.573. The molecule has 0 radical (unpaired) electrons. The van der Waals surface area contributed by atoms with Crippen molar-refractivity contribution in [2.45, 2.75) is 26.2 Å². The molecular formula is C24H23N7O. The number of nitrogens with zero attached hydrogens (tertiary/aromatic N) is 4. The monoisotopic (exact) mass is 425 g/mol. The number of hydrogen-bond donors (Lipinski definition) is 3. The van der Waals surface area contributed by atoms with Crippen molar-refractivity contribution in [3.63, 3.8) is 0 Å². The van der Waals surface area contributed by atoms with Crippen LogP contribution in [0.1, 0.15) is 40.9 Å². The first-order chi connectivity index (χ1) is 15.4. The molecule has 2 aromatic carbocycles. The molecule has 8 heteroatoms. The van der Waals surface area contributed by atoms with Crippen LogP contribution < -0.4 is 21.3 Å². The van der Waals surface area contributed by atoms with Gasteiger partial charge in [-0.1, -0.05) is 18.2 Å². The molecule has 8 nitrogen and oxygen atoms in total. The average Bonchev–Trinajstić information content (AvgIpc) is 3.31. The van der Waals surface area contributed by atoms with E-state index in [2.05, 4.69) is 32.3 Å². The summed E-state index contributed by atoms with van der Waals surface area (Å²) in [5, 5.41) is 14.2. The van der Waals surface area contributed by atoms with Crippen molar-refractivity contribution in [3.05, 3.63) is 89.6 Å². The summed E-state index contributed by atoms with van der Waals surface area (Å²) in [6.45, 7) is 5.65. The number of amides is 1. The van der Waals surface area contributed by atoms with E-state index in [9.17, 15) is 10.1 Å². The van der Waals surface area contributed by atoms with Crippen LogP contribution in [0.4, 0.5) is 11.4 Å². The molecule has 4 rings (SSSR count). The highest BCUT2D eigenvalue weighted by Gasteiger charge is 2.21. The van der Waals surface area contributed by atoms with E-state index in [1.54, 1.807) is 30.6 Å². The zero-order valence-corrected chi connectivity index (χ0v) is 18.0. The molecule has 0 fully saturated rings. The van der Waals surface area contributed by atoms with Gasteiger partial charge in [0.15, 0.2) is 0 Å². The number of carbonyl (C=O) groups is 1. The third-order valence-corrected chi connectivity index (χ3v) is 5.29. The van der Waals surface area contributed by atoms with Crippen LogP contribution in [0.15, 0.2) is 67.4 Å². The average molecular weight is 425 g/mol. The molecule has 1 aliphatic rings. The number of carbonyl (C=O) groups excluding carboxylic acids is 1. The molecule has 0 saturated carbocycles. The van der Waals surface area contributed by atoms with E-state index in [0.717, 1.165) is 28.1 Å². The maximum absolute atomic E-state index is 12.9. The Hall–Kier alpha value is -4.22. The van der Waals surface area contributed by atoms with Crippen molar-refractivity contribution in [1.82, 2.24) is 20.9 Å². The molecule has 0 unspecified atom stereocenters. The molecule has 0 spiro atoms. The third kappa shape index (κ3) is 4.29. The summed E-state index contributed by atoms with van der Waals surface area (Å²) in [4.78, 5) is 21.0. The molecule has 0 bridgehead atoms. The normalized spacial score (nSPS) is 13.2. The molecule has 1 aliphatic heterocycles. The van der Waals surface area contributed by atoms with Gasteiger partial charge >= 0.3 is 0 Å². The fourth-order valence-corrected chi connectivity index (χ4v) is 3.29. The Bertz CT molecular complexity index is 1230. The SMILES string of the molecule is Cc1ccc(NC(=O)c2cccc(C(C)(C)C#N)c2)cc1N1C=C(c2cncnc2)NN1.